The van der Waals surface area contributed by atoms with Crippen molar-refractivity contribution in [1.82, 2.24) is 67.4 Å². The molecule has 0 saturated carbocycles. The van der Waals surface area contributed by atoms with Crippen LogP contribution in [0.5, 0.6) is 5.75 Å². The zero-order valence-corrected chi connectivity index (χ0v) is 54.1. The van der Waals surface area contributed by atoms with Gasteiger partial charge in [0.05, 0.1) is 26.3 Å². The molecular formula is C70H74F2N14O13. The van der Waals surface area contributed by atoms with Crippen LogP contribution in [0.2, 0.25) is 0 Å². The molecule has 8 atom stereocenters. The minimum absolute atomic E-state index is 0.00956. The summed E-state index contributed by atoms with van der Waals surface area (Å²) in [6.07, 6.45) is 3.16. The van der Waals surface area contributed by atoms with Crippen molar-refractivity contribution in [2.24, 2.45) is 5.73 Å². The Morgan fingerprint density at radius 1 is 0.636 bits per heavy atom. The number of aromatic nitrogens is 4. The van der Waals surface area contributed by atoms with Crippen LogP contribution in [0.4, 0.5) is 8.78 Å². The molecule has 4 bridgehead atoms. The second-order valence-electron chi connectivity index (χ2n) is 24.8. The number of aromatic amines is 3. The number of nitrogens with two attached hydrogens (primary N) is 1. The predicted octanol–water partition coefficient (Wildman–Crippen LogP) is 2.41. The maximum atomic E-state index is 15.3. The molecule has 4 aliphatic rings. The highest BCUT2D eigenvalue weighted by Crippen LogP contribution is 2.32. The van der Waals surface area contributed by atoms with Crippen molar-refractivity contribution in [3.63, 3.8) is 0 Å². The van der Waals surface area contributed by atoms with E-state index in [1.54, 1.807) is 60.7 Å². The van der Waals surface area contributed by atoms with Crippen LogP contribution in [0.25, 0.3) is 21.8 Å². The highest BCUT2D eigenvalue weighted by molar-refractivity contribution is 6.01. The van der Waals surface area contributed by atoms with Gasteiger partial charge in [-0.25, -0.2) is 13.8 Å². The Hall–Kier alpha value is -11.8. The van der Waals surface area contributed by atoms with Gasteiger partial charge in [0.15, 0.2) is 0 Å². The summed E-state index contributed by atoms with van der Waals surface area (Å²) in [5.74, 6) is -11.2. The lowest BCUT2D eigenvalue weighted by molar-refractivity contribution is -0.147. The Bertz CT molecular complexity index is 4350. The van der Waals surface area contributed by atoms with Crippen LogP contribution >= 0.6 is 0 Å². The van der Waals surface area contributed by atoms with Gasteiger partial charge in [0.2, 0.25) is 53.2 Å². The summed E-state index contributed by atoms with van der Waals surface area (Å²) in [5, 5.41) is 32.2. The van der Waals surface area contributed by atoms with Crippen molar-refractivity contribution >= 4 is 86.8 Å². The number of benzene rings is 5. The Labute approximate surface area is 564 Å². The fraction of sp³-hybridized carbons (Fsp3) is 0.314. The average Bonchev–Trinajstić information content (AvgIpc) is 1.70. The number of carboxylic acids is 1. The molecule has 0 unspecified atom stereocenters. The van der Waals surface area contributed by atoms with E-state index >= 15 is 19.2 Å². The minimum Gasteiger partial charge on any atom is -0.497 e. The molecule has 27 nitrogen and oxygen atoms in total. The topological polar surface area (TPSA) is 403 Å². The molecule has 3 aromatic heterocycles. The Morgan fingerprint density at radius 2 is 1.18 bits per heavy atom. The van der Waals surface area contributed by atoms with Gasteiger partial charge in [-0.05, 0) is 121 Å². The van der Waals surface area contributed by atoms with E-state index in [0.717, 1.165) is 0 Å². The standard InChI is InChI=1S/C70H74F2N14O13/c1-37-62(91)80-54(26-43-33-75-51-19-15-45(71)28-49(43)51)64(93)81-55(27-44-34-76-52-20-16-46(72)29-50(44)52)65(94)83-57(31-60(88)89)67(96)82-56(30-47-35-74-36-78-47)66(95)84-58(24-39-11-17-48(99-3)18-12-39)68(97)86-22-4-21-70(86,2)69(98)85-53(61(73)90)23-38-9-13-42(14-10-38)63(92)77-32-41-7-5-40(6-8-41)25-59(87)79-37/h5-20,28-29,33-37,53-58,75-76H,4,21-27,30-32H2,1-3H3,(H2,73,90)(H,74,78)(H,77,92)(H,79,87)(H,80,91)(H,81,93)(H,82,96)(H,83,94)(H,84,95)(H,85,98)(H,88,89)/t37-,53+,54+,55+,56+,57+,58+,70+/m1/s1. The van der Waals surface area contributed by atoms with Crippen molar-refractivity contribution in [2.75, 3.05) is 13.7 Å². The zero-order valence-electron chi connectivity index (χ0n) is 54.1. The first kappa shape index (κ1) is 70.0. The number of carbonyl (C=O) groups is 11. The van der Waals surface area contributed by atoms with E-state index < -0.39 is 137 Å². The maximum absolute atomic E-state index is 15.3. The number of carboxylic acid groups (broad SMARTS) is 1. The van der Waals surface area contributed by atoms with Gasteiger partial charge < -0.3 is 78.0 Å². The van der Waals surface area contributed by atoms with Crippen molar-refractivity contribution in [3.8, 4) is 5.75 Å². The van der Waals surface area contributed by atoms with E-state index in [1.165, 1.54) is 99.3 Å². The average molecular weight is 1360 g/mol. The number of primary amides is 1. The number of carbonyl (C=O) groups excluding carboxylic acids is 10. The highest BCUT2D eigenvalue weighted by atomic mass is 19.1. The number of methoxy groups -OCH3 is 1. The third kappa shape index (κ3) is 17.4. The molecule has 0 aliphatic carbocycles. The van der Waals surface area contributed by atoms with Crippen molar-refractivity contribution < 1.29 is 71.4 Å². The number of H-pyrrole nitrogens is 3. The van der Waals surface area contributed by atoms with Crippen molar-refractivity contribution in [3.05, 3.63) is 190 Å². The monoisotopic (exact) mass is 1360 g/mol. The first-order valence-corrected chi connectivity index (χ1v) is 31.9. The molecular weight excluding hydrogens is 1280 g/mol. The Morgan fingerprint density at radius 3 is 1.75 bits per heavy atom. The molecule has 0 radical (unpaired) electrons. The van der Waals surface area contributed by atoms with E-state index in [4.69, 9.17) is 10.5 Å². The quantitative estimate of drug-likeness (QED) is 0.0836. The number of nitrogens with one attached hydrogen (secondary N) is 11. The molecule has 10 amide bonds. The maximum Gasteiger partial charge on any atom is 0.305 e. The number of halogens is 2. The molecule has 4 aliphatic heterocycles. The fourth-order valence-corrected chi connectivity index (χ4v) is 12.2. The van der Waals surface area contributed by atoms with E-state index in [9.17, 15) is 47.4 Å². The Kier molecular flexibility index (Phi) is 21.9. The van der Waals surface area contributed by atoms with Crippen molar-refractivity contribution in [2.45, 2.75) is 126 Å². The summed E-state index contributed by atoms with van der Waals surface area (Å²) >= 11 is 0. The first-order chi connectivity index (χ1) is 47.4. The molecule has 14 N–H and O–H groups in total. The van der Waals surface area contributed by atoms with Crippen LogP contribution in [0.15, 0.2) is 134 Å². The Balaban J connectivity index is 1.00. The second-order valence-corrected chi connectivity index (χ2v) is 24.8. The number of ether oxygens (including phenoxy) is 1. The largest absolute Gasteiger partial charge is 0.497 e. The number of aliphatic carboxylic acids is 1. The molecule has 1 fully saturated rings. The van der Waals surface area contributed by atoms with Gasteiger partial charge in [-0.3, -0.25) is 52.7 Å². The molecule has 12 rings (SSSR count). The number of hydrogen-bond donors (Lipinski definition) is 13. The van der Waals surface area contributed by atoms with Crippen LogP contribution in [-0.4, -0.2) is 156 Å². The molecule has 8 aromatic rings. The van der Waals surface area contributed by atoms with Gasteiger partial charge in [-0.1, -0.05) is 48.5 Å². The molecule has 516 valence electrons. The predicted molar refractivity (Wildman–Crippen MR) is 354 cm³/mol. The SMILES string of the molecule is COc1ccc(C[C@@H]2NC(=O)[C@H](Cc3cnc[nH]3)NC(=O)[C@H](CC(=O)O)NC(=O)[C@H](Cc3c[nH]c4ccc(F)cc34)NC(=O)[C@H](Cc3c[nH]c4ccc(F)cc34)NC(=O)[C@@H](C)NC(=O)Cc3ccc(cc3)CNC(=O)c3ccc(cc3)C[C@@H](C(N)=O)NC(=O)[C@]3(C)CCCN3C2=O)cc1. The summed E-state index contributed by atoms with van der Waals surface area (Å²) in [6.45, 7) is 2.97. The molecule has 99 heavy (non-hydrogen) atoms. The van der Waals surface area contributed by atoms with E-state index in [2.05, 4.69) is 62.5 Å². The number of amides is 10. The third-order valence-electron chi connectivity index (χ3n) is 17.7. The van der Waals surface area contributed by atoms with Gasteiger partial charge in [0, 0.05) is 96.8 Å². The summed E-state index contributed by atoms with van der Waals surface area (Å²) < 4.78 is 35.1. The van der Waals surface area contributed by atoms with Crippen LogP contribution in [0.1, 0.15) is 82.5 Å². The smallest absolute Gasteiger partial charge is 0.305 e. The first-order valence-electron chi connectivity index (χ1n) is 31.9. The molecule has 5 aromatic carbocycles. The summed E-state index contributed by atoms with van der Waals surface area (Å²) in [6, 6.07) is 16.0. The van der Waals surface area contributed by atoms with E-state index in [0.29, 0.717) is 56.4 Å². The van der Waals surface area contributed by atoms with Gasteiger partial charge in [-0.15, -0.1) is 0 Å². The zero-order chi connectivity index (χ0) is 70.7. The molecule has 29 heteroatoms. The second kappa shape index (κ2) is 31.0. The van der Waals surface area contributed by atoms with Gasteiger partial charge >= 0.3 is 5.97 Å². The number of rotatable bonds is 12. The molecule has 7 heterocycles. The fourth-order valence-electron chi connectivity index (χ4n) is 12.2. The van der Waals surface area contributed by atoms with E-state index in [1.807, 2.05) is 0 Å². The van der Waals surface area contributed by atoms with Crippen LogP contribution in [-0.2, 0) is 93.0 Å². The van der Waals surface area contributed by atoms with Crippen LogP contribution in [0, 0.1) is 11.6 Å². The van der Waals surface area contributed by atoms with Crippen LogP contribution in [0.3, 0.4) is 0 Å². The van der Waals surface area contributed by atoms with Crippen molar-refractivity contribution in [1.29, 1.82) is 0 Å². The molecule has 0 spiro atoms. The highest BCUT2D eigenvalue weighted by Gasteiger charge is 2.49. The number of nitrogens with zero attached hydrogens (tertiary/aromatic N) is 2. The van der Waals surface area contributed by atoms with Gasteiger partial charge in [0.1, 0.15) is 65.2 Å². The summed E-state index contributed by atoms with van der Waals surface area (Å²) in [4.78, 5) is 171. The lowest BCUT2D eigenvalue weighted by Gasteiger charge is -2.37. The van der Waals surface area contributed by atoms with E-state index in [-0.39, 0.29) is 73.8 Å². The minimum atomic E-state index is -2.03. The normalized spacial score (nSPS) is 22.3. The lowest BCUT2D eigenvalue weighted by atomic mass is 9.94. The molecule has 1 saturated heterocycles. The third-order valence-corrected chi connectivity index (χ3v) is 17.7. The summed E-state index contributed by atoms with van der Waals surface area (Å²) in [7, 11) is 1.46. The number of fused-ring (bicyclic) bond motifs is 4. The number of hydrogen-bond acceptors (Lipinski definition) is 13. The summed E-state index contributed by atoms with van der Waals surface area (Å²) in [5.41, 5.74) is 8.48. The van der Waals surface area contributed by atoms with Gasteiger partial charge in [0.25, 0.3) is 5.91 Å². The lowest BCUT2D eigenvalue weighted by Crippen LogP contribution is -2.63. The number of imidazole rings is 1. The van der Waals surface area contributed by atoms with Gasteiger partial charge in [-0.2, -0.15) is 0 Å². The van der Waals surface area contributed by atoms with Crippen LogP contribution < -0.4 is 53.0 Å².